The Labute approximate surface area is 126 Å². The van der Waals surface area contributed by atoms with Crippen LogP contribution in [0.4, 0.5) is 0 Å². The van der Waals surface area contributed by atoms with Gasteiger partial charge in [-0.2, -0.15) is 0 Å². The minimum absolute atomic E-state index is 0.0812. The number of rotatable bonds is 3. The van der Waals surface area contributed by atoms with Crippen molar-refractivity contribution in [3.63, 3.8) is 0 Å². The van der Waals surface area contributed by atoms with Gasteiger partial charge in [-0.3, -0.25) is 4.79 Å². The van der Waals surface area contributed by atoms with Crippen LogP contribution in [0, 0.1) is 13.8 Å². The molecule has 1 nitrogen and oxygen atoms in total. The molecule has 0 bridgehead atoms. The molecule has 0 spiro atoms. The first-order valence-electron chi connectivity index (χ1n) is 6.02. The second-order valence-electron chi connectivity index (χ2n) is 4.65. The molecule has 3 heteroatoms. The van der Waals surface area contributed by atoms with E-state index in [0.717, 1.165) is 10.0 Å². The van der Waals surface area contributed by atoms with Crippen molar-refractivity contribution in [3.05, 3.63) is 68.1 Å². The molecule has 19 heavy (non-hydrogen) atoms. The lowest BCUT2D eigenvalue weighted by Gasteiger charge is -2.06. The van der Waals surface area contributed by atoms with Crippen molar-refractivity contribution < 1.29 is 4.79 Å². The molecule has 0 aromatic heterocycles. The van der Waals surface area contributed by atoms with Crippen LogP contribution in [0.1, 0.15) is 27.0 Å². The Bertz CT molecular complexity index is 635. The predicted octanol–water partition coefficient (Wildman–Crippen LogP) is 5.14. The molecule has 0 radical (unpaired) electrons. The van der Waals surface area contributed by atoms with Gasteiger partial charge in [-0.1, -0.05) is 35.9 Å². The van der Waals surface area contributed by atoms with Crippen molar-refractivity contribution in [1.82, 2.24) is 0 Å². The molecule has 0 fully saturated rings. The topological polar surface area (TPSA) is 17.1 Å². The van der Waals surface area contributed by atoms with E-state index in [4.69, 9.17) is 11.6 Å². The third-order valence-corrected chi connectivity index (χ3v) is 4.41. The third-order valence-electron chi connectivity index (χ3n) is 3.18. The number of benzene rings is 2. The van der Waals surface area contributed by atoms with Gasteiger partial charge in [0.15, 0.2) is 5.78 Å². The fourth-order valence-corrected chi connectivity index (χ4v) is 2.30. The van der Waals surface area contributed by atoms with Crippen molar-refractivity contribution in [2.75, 3.05) is 0 Å². The Hall–Kier alpha value is -1.12. The van der Waals surface area contributed by atoms with Gasteiger partial charge in [0, 0.05) is 16.5 Å². The van der Waals surface area contributed by atoms with Crippen molar-refractivity contribution in [1.29, 1.82) is 0 Å². The minimum Gasteiger partial charge on any atom is -0.294 e. The SMILES string of the molecule is Cc1ccc(CC(=O)c2ccc(Br)c(Cl)c2)cc1C. The molecule has 0 unspecified atom stereocenters. The van der Waals surface area contributed by atoms with E-state index in [0.29, 0.717) is 17.0 Å². The molecule has 2 aromatic rings. The summed E-state index contributed by atoms with van der Waals surface area (Å²) in [6.45, 7) is 4.12. The van der Waals surface area contributed by atoms with Gasteiger partial charge < -0.3 is 0 Å². The number of Topliss-reactive ketones (excluding diaryl/α,β-unsaturated/α-hetero) is 1. The number of carbonyl (C=O) groups is 1. The van der Waals surface area contributed by atoms with Gasteiger partial charge in [-0.25, -0.2) is 0 Å². The second kappa shape index (κ2) is 5.89. The standard InChI is InChI=1S/C16H14BrClO/c1-10-3-4-12(7-11(10)2)8-16(19)13-5-6-14(17)15(18)9-13/h3-7,9H,8H2,1-2H3. The first-order chi connectivity index (χ1) is 8.97. The lowest BCUT2D eigenvalue weighted by Crippen LogP contribution is -2.04. The van der Waals surface area contributed by atoms with E-state index in [1.54, 1.807) is 18.2 Å². The molecule has 0 amide bonds. The van der Waals surface area contributed by atoms with E-state index in [1.807, 2.05) is 12.1 Å². The molecule has 0 heterocycles. The Morgan fingerprint density at radius 1 is 1.11 bits per heavy atom. The van der Waals surface area contributed by atoms with Crippen LogP contribution in [0.25, 0.3) is 0 Å². The van der Waals surface area contributed by atoms with Crippen molar-refractivity contribution in [3.8, 4) is 0 Å². The van der Waals surface area contributed by atoms with E-state index < -0.39 is 0 Å². The van der Waals surface area contributed by atoms with Crippen LogP contribution in [0.5, 0.6) is 0 Å². The first-order valence-corrected chi connectivity index (χ1v) is 7.19. The van der Waals surface area contributed by atoms with Crippen LogP contribution >= 0.6 is 27.5 Å². The number of aryl methyl sites for hydroxylation is 2. The first kappa shape index (κ1) is 14.3. The summed E-state index contributed by atoms with van der Waals surface area (Å²) in [6, 6.07) is 11.4. The summed E-state index contributed by atoms with van der Waals surface area (Å²) in [5.41, 5.74) is 4.13. The molecular formula is C16H14BrClO. The maximum atomic E-state index is 12.2. The molecular weight excluding hydrogens is 324 g/mol. The van der Waals surface area contributed by atoms with E-state index in [9.17, 15) is 4.79 Å². The third kappa shape index (κ3) is 3.46. The molecule has 0 aliphatic heterocycles. The molecule has 0 atom stereocenters. The van der Waals surface area contributed by atoms with Gasteiger partial charge in [-0.05, 0) is 58.6 Å². The molecule has 0 saturated heterocycles. The smallest absolute Gasteiger partial charge is 0.167 e. The Balaban J connectivity index is 2.20. The normalized spacial score (nSPS) is 10.5. The molecule has 98 valence electrons. The fraction of sp³-hybridized carbons (Fsp3) is 0.188. The lowest BCUT2D eigenvalue weighted by molar-refractivity contribution is 0.0993. The number of halogens is 2. The van der Waals surface area contributed by atoms with Crippen LogP contribution < -0.4 is 0 Å². The van der Waals surface area contributed by atoms with Gasteiger partial charge in [-0.15, -0.1) is 0 Å². The number of hydrogen-bond acceptors (Lipinski definition) is 1. The zero-order chi connectivity index (χ0) is 14.0. The quantitative estimate of drug-likeness (QED) is 0.708. The monoisotopic (exact) mass is 336 g/mol. The van der Waals surface area contributed by atoms with Crippen LogP contribution in [0.2, 0.25) is 5.02 Å². The van der Waals surface area contributed by atoms with E-state index >= 15 is 0 Å². The summed E-state index contributed by atoms with van der Waals surface area (Å²) in [4.78, 5) is 12.2. The molecule has 2 rings (SSSR count). The Morgan fingerprint density at radius 3 is 2.47 bits per heavy atom. The highest BCUT2D eigenvalue weighted by atomic mass is 79.9. The van der Waals surface area contributed by atoms with Gasteiger partial charge >= 0.3 is 0 Å². The van der Waals surface area contributed by atoms with Crippen LogP contribution in [-0.4, -0.2) is 5.78 Å². The van der Waals surface area contributed by atoms with Gasteiger partial charge in [0.2, 0.25) is 0 Å². The average Bonchev–Trinajstić information content (AvgIpc) is 2.37. The van der Waals surface area contributed by atoms with Gasteiger partial charge in [0.05, 0.1) is 5.02 Å². The van der Waals surface area contributed by atoms with Crippen molar-refractivity contribution >= 4 is 33.3 Å². The Kier molecular flexibility index (Phi) is 4.43. The zero-order valence-corrected chi connectivity index (χ0v) is 13.2. The van der Waals surface area contributed by atoms with E-state index in [1.165, 1.54) is 11.1 Å². The number of ketones is 1. The highest BCUT2D eigenvalue weighted by Crippen LogP contribution is 2.24. The maximum absolute atomic E-state index is 12.2. The summed E-state index contributed by atoms with van der Waals surface area (Å²) < 4.78 is 0.803. The zero-order valence-electron chi connectivity index (χ0n) is 10.8. The minimum atomic E-state index is 0.0812. The van der Waals surface area contributed by atoms with Crippen LogP contribution in [0.15, 0.2) is 40.9 Å². The highest BCUT2D eigenvalue weighted by molar-refractivity contribution is 9.10. The summed E-state index contributed by atoms with van der Waals surface area (Å²) in [5, 5.41) is 0.561. The summed E-state index contributed by atoms with van der Waals surface area (Å²) in [7, 11) is 0. The van der Waals surface area contributed by atoms with Gasteiger partial charge in [0.1, 0.15) is 0 Å². The molecule has 0 aliphatic rings. The van der Waals surface area contributed by atoms with E-state index in [-0.39, 0.29) is 5.78 Å². The van der Waals surface area contributed by atoms with Gasteiger partial charge in [0.25, 0.3) is 0 Å². The largest absolute Gasteiger partial charge is 0.294 e. The average molecular weight is 338 g/mol. The van der Waals surface area contributed by atoms with E-state index in [2.05, 4.69) is 35.8 Å². The summed E-state index contributed by atoms with van der Waals surface area (Å²) in [5.74, 6) is 0.0812. The maximum Gasteiger partial charge on any atom is 0.167 e. The fourth-order valence-electron chi connectivity index (χ4n) is 1.87. The summed E-state index contributed by atoms with van der Waals surface area (Å²) >= 11 is 9.33. The van der Waals surface area contributed by atoms with Crippen LogP contribution in [-0.2, 0) is 6.42 Å². The van der Waals surface area contributed by atoms with Crippen LogP contribution in [0.3, 0.4) is 0 Å². The molecule has 0 N–H and O–H groups in total. The molecule has 0 aliphatic carbocycles. The lowest BCUT2D eigenvalue weighted by atomic mass is 10.00. The predicted molar refractivity (Wildman–Crippen MR) is 83.1 cm³/mol. The summed E-state index contributed by atoms with van der Waals surface area (Å²) in [6.07, 6.45) is 0.402. The highest BCUT2D eigenvalue weighted by Gasteiger charge is 2.09. The molecule has 0 saturated carbocycles. The second-order valence-corrected chi connectivity index (χ2v) is 5.91. The Morgan fingerprint density at radius 2 is 1.84 bits per heavy atom. The van der Waals surface area contributed by atoms with Crippen molar-refractivity contribution in [2.24, 2.45) is 0 Å². The number of carbonyl (C=O) groups excluding carboxylic acids is 1. The molecule has 2 aromatic carbocycles. The number of hydrogen-bond donors (Lipinski definition) is 0. The van der Waals surface area contributed by atoms with Crippen molar-refractivity contribution in [2.45, 2.75) is 20.3 Å².